The van der Waals surface area contributed by atoms with Gasteiger partial charge in [0.15, 0.2) is 5.11 Å². The van der Waals surface area contributed by atoms with Crippen LogP contribution in [0.3, 0.4) is 0 Å². The van der Waals surface area contributed by atoms with Gasteiger partial charge in [-0.3, -0.25) is 0 Å². The zero-order valence-corrected chi connectivity index (χ0v) is 15.5. The van der Waals surface area contributed by atoms with Crippen LogP contribution in [0.15, 0.2) is 53.1 Å². The Hall–Kier alpha value is -1.99. The molecule has 1 unspecified atom stereocenters. The van der Waals surface area contributed by atoms with Crippen LogP contribution in [-0.2, 0) is 16.1 Å². The van der Waals surface area contributed by atoms with Crippen LogP contribution in [0.4, 0.5) is 0 Å². The Kier molecular flexibility index (Phi) is 5.99. The van der Waals surface area contributed by atoms with Gasteiger partial charge in [-0.25, -0.2) is 4.79 Å². The highest BCUT2D eigenvalue weighted by Crippen LogP contribution is 2.41. The monoisotopic (exact) mass is 376 g/mol. The molecule has 1 aliphatic rings. The van der Waals surface area contributed by atoms with Crippen molar-refractivity contribution in [3.8, 4) is 0 Å². The number of furan rings is 1. The fourth-order valence-corrected chi connectivity index (χ4v) is 4.43. The summed E-state index contributed by atoms with van der Waals surface area (Å²) >= 11 is 7.22. The lowest BCUT2D eigenvalue weighted by Crippen LogP contribution is -2.48. The molecule has 0 spiro atoms. The maximum Gasteiger partial charge on any atom is 0.329 e. The molecule has 1 aromatic heterocycles. The van der Waals surface area contributed by atoms with E-state index in [1.165, 1.54) is 0 Å². The van der Waals surface area contributed by atoms with Crippen LogP contribution in [0, 0.1) is 0 Å². The molecule has 1 N–H and O–H groups in total. The summed E-state index contributed by atoms with van der Waals surface area (Å²) in [6, 6.07) is 13.3. The van der Waals surface area contributed by atoms with E-state index in [2.05, 4.69) is 5.32 Å². The van der Waals surface area contributed by atoms with E-state index in [1.54, 1.807) is 24.9 Å². The Labute approximate surface area is 156 Å². The van der Waals surface area contributed by atoms with Gasteiger partial charge in [-0.05, 0) is 36.8 Å². The summed E-state index contributed by atoms with van der Waals surface area (Å²) in [5, 5.41) is 3.64. The molecular formula is C18H20N2O3S2. The number of ether oxygens (including phenoxy) is 1. The average Bonchev–Trinajstić information content (AvgIpc) is 3.29. The molecule has 2 aromatic rings. The SMILES string of the molecule is CCOC(=O)[C@@H]1CSC(c2ccco2)N1C(=S)NCc1ccccc1. The molecule has 0 amide bonds. The lowest BCUT2D eigenvalue weighted by molar-refractivity contribution is -0.147. The Morgan fingerprint density at radius 1 is 1.36 bits per heavy atom. The summed E-state index contributed by atoms with van der Waals surface area (Å²) in [5.41, 5.74) is 1.12. The minimum Gasteiger partial charge on any atom is -0.466 e. The lowest BCUT2D eigenvalue weighted by Gasteiger charge is -2.29. The third kappa shape index (κ3) is 4.16. The van der Waals surface area contributed by atoms with Crippen LogP contribution < -0.4 is 5.32 Å². The molecule has 2 atom stereocenters. The number of carbonyl (C=O) groups is 1. The number of carbonyl (C=O) groups excluding carboxylic acids is 1. The first-order chi connectivity index (χ1) is 12.2. The number of hydrogen-bond acceptors (Lipinski definition) is 5. The molecule has 1 aromatic carbocycles. The van der Waals surface area contributed by atoms with Crippen molar-refractivity contribution in [1.29, 1.82) is 0 Å². The fraction of sp³-hybridized carbons (Fsp3) is 0.333. The van der Waals surface area contributed by atoms with Crippen molar-refractivity contribution in [2.24, 2.45) is 0 Å². The van der Waals surface area contributed by atoms with E-state index in [4.69, 9.17) is 21.4 Å². The van der Waals surface area contributed by atoms with Gasteiger partial charge in [0.1, 0.15) is 17.2 Å². The Morgan fingerprint density at radius 3 is 2.84 bits per heavy atom. The van der Waals surface area contributed by atoms with E-state index in [-0.39, 0.29) is 11.3 Å². The van der Waals surface area contributed by atoms with Gasteiger partial charge in [0, 0.05) is 12.3 Å². The van der Waals surface area contributed by atoms with Gasteiger partial charge < -0.3 is 19.4 Å². The van der Waals surface area contributed by atoms with Gasteiger partial charge in [0.2, 0.25) is 0 Å². The average molecular weight is 377 g/mol. The maximum atomic E-state index is 12.4. The first-order valence-electron chi connectivity index (χ1n) is 8.12. The van der Waals surface area contributed by atoms with E-state index >= 15 is 0 Å². The van der Waals surface area contributed by atoms with Crippen LogP contribution in [0.25, 0.3) is 0 Å². The topological polar surface area (TPSA) is 54.7 Å². The van der Waals surface area contributed by atoms with E-state index in [9.17, 15) is 4.79 Å². The second-order valence-electron chi connectivity index (χ2n) is 5.52. The smallest absolute Gasteiger partial charge is 0.329 e. The zero-order chi connectivity index (χ0) is 17.6. The van der Waals surface area contributed by atoms with Crippen LogP contribution >= 0.6 is 24.0 Å². The van der Waals surface area contributed by atoms with E-state index in [0.717, 1.165) is 11.3 Å². The number of nitrogens with zero attached hydrogens (tertiary/aromatic N) is 1. The summed E-state index contributed by atoms with van der Waals surface area (Å²) in [4.78, 5) is 14.2. The highest BCUT2D eigenvalue weighted by atomic mass is 32.2. The predicted molar refractivity (Wildman–Crippen MR) is 102 cm³/mol. The number of rotatable bonds is 5. The van der Waals surface area contributed by atoms with Gasteiger partial charge >= 0.3 is 5.97 Å². The molecule has 0 aliphatic carbocycles. The van der Waals surface area contributed by atoms with Crippen molar-refractivity contribution in [3.05, 3.63) is 60.1 Å². The Morgan fingerprint density at radius 2 is 2.16 bits per heavy atom. The molecule has 7 heteroatoms. The number of nitrogens with one attached hydrogen (secondary N) is 1. The van der Waals surface area contributed by atoms with E-state index in [0.29, 0.717) is 24.0 Å². The molecule has 2 heterocycles. The van der Waals surface area contributed by atoms with Crippen molar-refractivity contribution < 1.29 is 13.9 Å². The third-order valence-electron chi connectivity index (χ3n) is 3.87. The molecule has 0 bridgehead atoms. The van der Waals surface area contributed by atoms with Gasteiger partial charge in [-0.1, -0.05) is 30.3 Å². The van der Waals surface area contributed by atoms with Crippen LogP contribution in [0.2, 0.25) is 0 Å². The number of thioether (sulfide) groups is 1. The molecule has 25 heavy (non-hydrogen) atoms. The molecule has 1 aliphatic heterocycles. The number of benzene rings is 1. The second kappa shape index (κ2) is 8.40. The molecule has 1 saturated heterocycles. The highest BCUT2D eigenvalue weighted by Gasteiger charge is 2.42. The summed E-state index contributed by atoms with van der Waals surface area (Å²) in [5.74, 6) is 1.13. The number of esters is 1. The minimum atomic E-state index is -0.421. The van der Waals surface area contributed by atoms with Crippen molar-refractivity contribution >= 4 is 35.1 Å². The molecule has 5 nitrogen and oxygen atoms in total. The van der Waals surface area contributed by atoms with Crippen molar-refractivity contribution in [2.75, 3.05) is 12.4 Å². The normalized spacial score (nSPS) is 19.6. The van der Waals surface area contributed by atoms with Gasteiger partial charge in [0.25, 0.3) is 0 Å². The van der Waals surface area contributed by atoms with Crippen LogP contribution in [0.1, 0.15) is 23.6 Å². The third-order valence-corrected chi connectivity index (χ3v) is 5.51. The van der Waals surface area contributed by atoms with Crippen molar-refractivity contribution in [1.82, 2.24) is 10.2 Å². The van der Waals surface area contributed by atoms with Gasteiger partial charge in [0.05, 0.1) is 12.9 Å². The highest BCUT2D eigenvalue weighted by molar-refractivity contribution is 7.99. The lowest BCUT2D eigenvalue weighted by atomic mass is 10.2. The number of hydrogen-bond donors (Lipinski definition) is 1. The molecule has 3 rings (SSSR count). The summed E-state index contributed by atoms with van der Waals surface area (Å²) < 4.78 is 10.8. The first-order valence-corrected chi connectivity index (χ1v) is 9.58. The second-order valence-corrected chi connectivity index (χ2v) is 7.02. The van der Waals surface area contributed by atoms with Crippen molar-refractivity contribution in [2.45, 2.75) is 24.9 Å². The quantitative estimate of drug-likeness (QED) is 0.634. The molecular weight excluding hydrogens is 356 g/mol. The molecule has 0 radical (unpaired) electrons. The Bertz CT molecular complexity index is 706. The van der Waals surface area contributed by atoms with Gasteiger partial charge in [-0.2, -0.15) is 0 Å². The van der Waals surface area contributed by atoms with E-state index < -0.39 is 6.04 Å². The van der Waals surface area contributed by atoms with Crippen LogP contribution in [-0.4, -0.2) is 34.4 Å². The van der Waals surface area contributed by atoms with Crippen LogP contribution in [0.5, 0.6) is 0 Å². The largest absolute Gasteiger partial charge is 0.466 e. The first kappa shape index (κ1) is 17.8. The molecule has 132 valence electrons. The van der Waals surface area contributed by atoms with Crippen molar-refractivity contribution in [3.63, 3.8) is 0 Å². The minimum absolute atomic E-state index is 0.139. The predicted octanol–water partition coefficient (Wildman–Crippen LogP) is 3.33. The summed E-state index contributed by atoms with van der Waals surface area (Å²) in [6.45, 7) is 2.76. The zero-order valence-electron chi connectivity index (χ0n) is 13.9. The summed E-state index contributed by atoms with van der Waals surface area (Å²) in [6.07, 6.45) is 1.63. The number of thiocarbonyl (C=S) groups is 1. The molecule has 1 fully saturated rings. The van der Waals surface area contributed by atoms with E-state index in [1.807, 2.05) is 47.4 Å². The standard InChI is InChI=1S/C18H20N2O3S2/c1-2-22-17(21)14-12-25-16(15-9-6-10-23-15)20(14)18(24)19-11-13-7-4-3-5-8-13/h3-10,14,16H,2,11-12H2,1H3,(H,19,24)/t14-,16?/m0/s1. The maximum absolute atomic E-state index is 12.4. The van der Waals surface area contributed by atoms with Gasteiger partial charge in [-0.15, -0.1) is 11.8 Å². The fourth-order valence-electron chi connectivity index (χ4n) is 2.69. The molecule has 0 saturated carbocycles. The Balaban J connectivity index is 1.75. The summed E-state index contributed by atoms with van der Waals surface area (Å²) in [7, 11) is 0.